The molecule has 6 rings (SSSR count). The second-order valence-corrected chi connectivity index (χ2v) is 24.9. The summed E-state index contributed by atoms with van der Waals surface area (Å²) < 4.78 is 116. The number of amides is 2. The average Bonchev–Trinajstić information content (AvgIpc) is 4.11. The van der Waals surface area contributed by atoms with Gasteiger partial charge in [-0.15, -0.1) is 0 Å². The lowest BCUT2D eigenvalue weighted by atomic mass is 9.90. The molecule has 1 saturated heterocycles. The van der Waals surface area contributed by atoms with Gasteiger partial charge in [-0.1, -0.05) is 21.6 Å². The van der Waals surface area contributed by atoms with Crippen LogP contribution in [0.25, 0.3) is 17.2 Å². The van der Waals surface area contributed by atoms with Crippen molar-refractivity contribution in [1.29, 1.82) is 0 Å². The molecule has 27 nitrogen and oxygen atoms in total. The molecule has 0 radical (unpaired) electrons. The summed E-state index contributed by atoms with van der Waals surface area (Å²) in [6.45, 7) is 5.25. The fourth-order valence-electron chi connectivity index (χ4n) is 7.89. The SMILES string of the molecule is Cc1cc(C)n2c1C=C1C=CC(CCC(=O)NCCOCCOCCOCCOCCC(=O)NCC(C)(C)SSCOC3C[C@H](n4cnc5c(N)ncnc54)O[C@@H]3COP(=O)(O)OP(=O)(O)OP(=O)(O)O)=[N+]1[B-]2(F)F. The number of phosphoric acid groups is 3. The van der Waals surface area contributed by atoms with E-state index in [-0.39, 0.29) is 81.1 Å². The van der Waals surface area contributed by atoms with E-state index in [1.165, 1.54) is 38.8 Å². The summed E-state index contributed by atoms with van der Waals surface area (Å²) in [5.41, 5.74) is 9.11. The highest BCUT2D eigenvalue weighted by Crippen LogP contribution is 2.66. The zero-order valence-electron chi connectivity index (χ0n) is 41.3. The number of anilines is 1. The van der Waals surface area contributed by atoms with Gasteiger partial charge in [0.2, 0.25) is 11.8 Å². The van der Waals surface area contributed by atoms with Gasteiger partial charge in [0.25, 0.3) is 0 Å². The molecule has 0 spiro atoms. The van der Waals surface area contributed by atoms with Crippen molar-refractivity contribution < 1.29 is 97.5 Å². The number of fused-ring (bicyclic) bond motifs is 3. The number of hydrogen-bond donors (Lipinski definition) is 7. The van der Waals surface area contributed by atoms with Crippen molar-refractivity contribution >= 4 is 92.6 Å². The first-order valence-corrected chi connectivity index (χ1v) is 30.1. The molecule has 3 unspecified atom stereocenters. The number of carbonyl (C=O) groups is 2. The van der Waals surface area contributed by atoms with E-state index in [1.54, 1.807) is 31.2 Å². The summed E-state index contributed by atoms with van der Waals surface area (Å²) in [6.07, 6.45) is 5.40. The molecular formula is C40H61BF2N9O18P3S2. The molecule has 75 heavy (non-hydrogen) atoms. The van der Waals surface area contributed by atoms with Gasteiger partial charge >= 0.3 is 30.4 Å². The lowest BCUT2D eigenvalue weighted by Gasteiger charge is -2.30. The van der Waals surface area contributed by atoms with E-state index < -0.39 is 60.2 Å². The lowest BCUT2D eigenvalue weighted by molar-refractivity contribution is -0.362. The van der Waals surface area contributed by atoms with Gasteiger partial charge < -0.3 is 82.0 Å². The van der Waals surface area contributed by atoms with E-state index in [4.69, 9.17) is 48.5 Å². The zero-order chi connectivity index (χ0) is 54.6. The van der Waals surface area contributed by atoms with Crippen molar-refractivity contribution in [1.82, 2.24) is 34.6 Å². The number of aromatic nitrogens is 5. The number of nitrogens with one attached hydrogen (secondary N) is 2. The molecule has 0 saturated carbocycles. The molecule has 6 heterocycles. The van der Waals surface area contributed by atoms with E-state index in [9.17, 15) is 33.1 Å². The molecule has 0 aliphatic carbocycles. The van der Waals surface area contributed by atoms with E-state index in [2.05, 4.69) is 34.2 Å². The summed E-state index contributed by atoms with van der Waals surface area (Å²) in [6, 6.07) is 1.75. The Morgan fingerprint density at radius 3 is 2.28 bits per heavy atom. The van der Waals surface area contributed by atoms with Crippen LogP contribution in [-0.4, -0.2) is 168 Å². The number of aryl methyl sites for hydroxylation is 2. The maximum absolute atomic E-state index is 15.6. The summed E-state index contributed by atoms with van der Waals surface area (Å²) >= 11 is 0. The van der Waals surface area contributed by atoms with Crippen LogP contribution in [0.3, 0.4) is 0 Å². The maximum Gasteiger partial charge on any atom is 0.737 e. The molecule has 1 fully saturated rings. The summed E-state index contributed by atoms with van der Waals surface area (Å²) in [5.74, 6) is -0.322. The van der Waals surface area contributed by atoms with Crippen molar-refractivity contribution in [3.05, 3.63) is 53.5 Å². The van der Waals surface area contributed by atoms with E-state index >= 15 is 8.63 Å². The van der Waals surface area contributed by atoms with Crippen molar-refractivity contribution in [2.24, 2.45) is 0 Å². The Morgan fingerprint density at radius 1 is 0.920 bits per heavy atom. The minimum atomic E-state index is -5.75. The van der Waals surface area contributed by atoms with Crippen molar-refractivity contribution in [3.63, 3.8) is 0 Å². The quantitative estimate of drug-likeness (QED) is 0.0150. The summed E-state index contributed by atoms with van der Waals surface area (Å²) in [7, 11) is -14.1. The van der Waals surface area contributed by atoms with Gasteiger partial charge in [-0.05, 0) is 45.0 Å². The summed E-state index contributed by atoms with van der Waals surface area (Å²) in [5, 5.41) is 5.63. The second-order valence-electron chi connectivity index (χ2n) is 17.5. The molecule has 35 heteroatoms. The molecule has 5 atom stereocenters. The van der Waals surface area contributed by atoms with Crippen molar-refractivity contribution in [2.75, 3.05) is 84.2 Å². The molecule has 3 aliphatic rings. The number of nitrogens with zero attached hydrogens (tertiary/aromatic N) is 6. The van der Waals surface area contributed by atoms with Crippen LogP contribution in [0.4, 0.5) is 14.4 Å². The van der Waals surface area contributed by atoms with Gasteiger partial charge in [0.05, 0.1) is 71.9 Å². The Bertz CT molecular complexity index is 2730. The van der Waals surface area contributed by atoms with Crippen molar-refractivity contribution in [2.45, 2.75) is 76.6 Å². The molecule has 0 aromatic carbocycles. The minimum Gasteiger partial charge on any atom is -0.394 e. The fraction of sp³-hybridized carbons (Fsp3) is 0.600. The highest BCUT2D eigenvalue weighted by atomic mass is 33.1. The largest absolute Gasteiger partial charge is 0.737 e. The minimum absolute atomic E-state index is 0.0543. The Kier molecular flexibility index (Phi) is 21.8. The number of rotatable bonds is 33. The monoisotopic (exact) mass is 1160 g/mol. The first-order valence-electron chi connectivity index (χ1n) is 23.2. The van der Waals surface area contributed by atoms with Crippen LogP contribution in [-0.2, 0) is 64.9 Å². The Balaban J connectivity index is 0.772. The number of carbonyl (C=O) groups excluding carboxylic acids is 2. The normalized spacial score (nSPS) is 20.0. The number of allylic oxidation sites excluding steroid dienone is 2. The van der Waals surface area contributed by atoms with Gasteiger partial charge in [0.1, 0.15) is 35.8 Å². The Labute approximate surface area is 437 Å². The number of ether oxygens (including phenoxy) is 6. The number of phosphoric ester groups is 1. The Morgan fingerprint density at radius 2 is 1.59 bits per heavy atom. The van der Waals surface area contributed by atoms with Gasteiger partial charge in [-0.2, -0.15) is 8.62 Å². The third kappa shape index (κ3) is 18.0. The molecule has 3 aromatic heterocycles. The molecule has 8 N–H and O–H groups in total. The highest BCUT2D eigenvalue weighted by molar-refractivity contribution is 8.77. The van der Waals surface area contributed by atoms with Gasteiger partial charge in [0.15, 0.2) is 17.2 Å². The molecule has 0 bridgehead atoms. The van der Waals surface area contributed by atoms with Crippen LogP contribution in [0.2, 0.25) is 0 Å². The number of nitrogens with two attached hydrogens (primary N) is 1. The van der Waals surface area contributed by atoms with Crippen LogP contribution in [0.5, 0.6) is 0 Å². The van der Waals surface area contributed by atoms with Gasteiger partial charge in [0, 0.05) is 67.4 Å². The third-order valence-corrected chi connectivity index (χ3v) is 17.9. The smallest absolute Gasteiger partial charge is 0.394 e. The second kappa shape index (κ2) is 26.9. The molecule has 2 amide bonds. The number of imidazole rings is 1. The zero-order valence-corrected chi connectivity index (χ0v) is 45.6. The average molecular weight is 1160 g/mol. The lowest BCUT2D eigenvalue weighted by Crippen LogP contribution is -2.50. The van der Waals surface area contributed by atoms with Crippen LogP contribution in [0, 0.1) is 13.8 Å². The highest BCUT2D eigenvalue weighted by Gasteiger charge is 2.52. The standard InChI is InChI=1S/C40H61BF2N9O18P3S2/c1-27-19-28(2)51-31(27)20-30-6-5-29(52(30)41(51,42)43)7-8-34(53)45-10-12-63-14-16-65-18-17-64-15-13-62-11-9-35(54)46-23-40(3,4)75-74-26-66-32-21-36(50-25-49-37-38(44)47-24-48-39(37)50)68-33(32)22-67-72(58,59)70-73(60,61)69-71(55,56)57/h5-6,19-20,24-25,32-33,36H,7-18,21-23,26H2,1-4H3,(H,45,53)(H,46,54)(H,58,59)(H,60,61)(H2,44,47,48)(H2,55,56,57)/t32?,33-,36-/m1/s1. The third-order valence-electron chi connectivity index (χ3n) is 11.2. The summed E-state index contributed by atoms with van der Waals surface area (Å²) in [4.78, 5) is 74.5. The first-order chi connectivity index (χ1) is 35.3. The van der Waals surface area contributed by atoms with Crippen LogP contribution >= 0.6 is 45.1 Å². The number of nitrogen functional groups attached to an aromatic ring is 1. The predicted molar refractivity (Wildman–Crippen MR) is 270 cm³/mol. The first kappa shape index (κ1) is 60.7. The van der Waals surface area contributed by atoms with E-state index in [1.807, 2.05) is 20.8 Å². The van der Waals surface area contributed by atoms with Crippen molar-refractivity contribution in [3.8, 4) is 0 Å². The number of halogens is 2. The van der Waals surface area contributed by atoms with Gasteiger partial charge in [-0.25, -0.2) is 28.6 Å². The molecular weight excluding hydrogens is 1100 g/mol. The molecule has 418 valence electrons. The van der Waals surface area contributed by atoms with Crippen LogP contribution in [0.1, 0.15) is 62.7 Å². The topological polar surface area (TPSA) is 351 Å². The molecule has 3 aliphatic heterocycles. The number of hydrogen-bond acceptors (Lipinski definition) is 20. The van der Waals surface area contributed by atoms with E-state index in [0.717, 1.165) is 14.5 Å². The van der Waals surface area contributed by atoms with Crippen LogP contribution < -0.4 is 16.4 Å². The van der Waals surface area contributed by atoms with Gasteiger partial charge in [-0.3, -0.25) is 18.7 Å². The van der Waals surface area contributed by atoms with Crippen LogP contribution in [0.15, 0.2) is 36.6 Å². The fourth-order valence-corrected chi connectivity index (χ4v) is 13.1. The molecule has 3 aromatic rings. The maximum atomic E-state index is 15.6. The predicted octanol–water partition coefficient (Wildman–Crippen LogP) is 3.73. The Hall–Kier alpha value is -3.49. The van der Waals surface area contributed by atoms with E-state index in [0.29, 0.717) is 68.0 Å².